The Balaban J connectivity index is 1.42. The summed E-state index contributed by atoms with van der Waals surface area (Å²) in [5.74, 6) is 0.380. The van der Waals surface area contributed by atoms with Gasteiger partial charge in [0.2, 0.25) is 15.9 Å². The summed E-state index contributed by atoms with van der Waals surface area (Å²) in [5.41, 5.74) is 4.72. The average Bonchev–Trinajstić information content (AvgIpc) is 3.22. The van der Waals surface area contributed by atoms with Crippen LogP contribution in [0.4, 0.5) is 5.69 Å². The number of para-hydroxylation sites is 1. The Hall–Kier alpha value is -2.95. The molecule has 2 aromatic heterocycles. The summed E-state index contributed by atoms with van der Waals surface area (Å²) >= 11 is 1.48. The van der Waals surface area contributed by atoms with E-state index in [0.29, 0.717) is 24.5 Å². The zero-order valence-electron chi connectivity index (χ0n) is 20.3. The molecular weight excluding hydrogens is 482 g/mol. The van der Waals surface area contributed by atoms with Crippen LogP contribution >= 0.6 is 11.8 Å². The van der Waals surface area contributed by atoms with Gasteiger partial charge in [-0.3, -0.25) is 9.20 Å². The van der Waals surface area contributed by atoms with Gasteiger partial charge < -0.3 is 5.32 Å². The first-order chi connectivity index (χ1) is 16.8. The van der Waals surface area contributed by atoms with Crippen molar-refractivity contribution < 1.29 is 13.2 Å². The van der Waals surface area contributed by atoms with Gasteiger partial charge in [0.1, 0.15) is 0 Å². The Bertz CT molecular complexity index is 1480. The predicted octanol–water partition coefficient (Wildman–Crippen LogP) is 4.65. The van der Waals surface area contributed by atoms with Crippen molar-refractivity contribution in [2.24, 2.45) is 0 Å². The van der Waals surface area contributed by atoms with Crippen molar-refractivity contribution in [3.05, 3.63) is 59.7 Å². The lowest BCUT2D eigenvalue weighted by molar-refractivity contribution is -0.115. The van der Waals surface area contributed by atoms with Crippen LogP contribution < -0.4 is 5.32 Å². The van der Waals surface area contributed by atoms with E-state index >= 15 is 0 Å². The topological polar surface area (TPSA) is 96.7 Å². The van der Waals surface area contributed by atoms with Crippen LogP contribution in [-0.2, 0) is 14.8 Å². The molecule has 0 radical (unpaired) electrons. The van der Waals surface area contributed by atoms with Crippen molar-refractivity contribution in [3.8, 4) is 0 Å². The lowest BCUT2D eigenvalue weighted by Gasteiger charge is -2.18. The van der Waals surface area contributed by atoms with E-state index in [1.807, 2.05) is 12.1 Å². The number of aromatic nitrogens is 3. The largest absolute Gasteiger partial charge is 0.326 e. The number of sulfonamides is 1. The lowest BCUT2D eigenvalue weighted by atomic mass is 10.1. The minimum Gasteiger partial charge on any atom is -0.326 e. The number of pyridine rings is 1. The fourth-order valence-corrected chi connectivity index (χ4v) is 6.45. The molecule has 2 heterocycles. The minimum absolute atomic E-state index is 0.150. The van der Waals surface area contributed by atoms with E-state index in [1.54, 1.807) is 26.0 Å². The van der Waals surface area contributed by atoms with Crippen molar-refractivity contribution in [2.45, 2.75) is 44.2 Å². The maximum absolute atomic E-state index is 12.6. The fourth-order valence-electron chi connectivity index (χ4n) is 4.11. The molecule has 0 unspecified atom stereocenters. The standard InChI is InChI=1S/C25H29N5O3S2/c1-5-29(6-2)35(32,33)20-12-10-19(11-13-20)26-23(31)14-15-34-25-28-27-22-16-18(4)21-9-7-8-17(3)24(21)30(22)25/h7-13,16H,5-6,14-15H2,1-4H3,(H,26,31). The SMILES string of the molecule is CCN(CC)S(=O)(=O)c1ccc(NC(=O)CCSc2nnc3cc(C)c4cccc(C)c4n23)cc1. The van der Waals surface area contributed by atoms with Crippen molar-refractivity contribution in [3.63, 3.8) is 0 Å². The molecule has 0 fully saturated rings. The van der Waals surface area contributed by atoms with E-state index in [9.17, 15) is 13.2 Å². The highest BCUT2D eigenvalue weighted by molar-refractivity contribution is 7.99. The molecule has 0 aliphatic rings. The smallest absolute Gasteiger partial charge is 0.243 e. The highest BCUT2D eigenvalue weighted by atomic mass is 32.2. The number of fused-ring (bicyclic) bond motifs is 3. The minimum atomic E-state index is -3.52. The number of anilines is 1. The molecule has 184 valence electrons. The molecule has 0 atom stereocenters. The van der Waals surface area contributed by atoms with Crippen molar-refractivity contribution >= 4 is 49.9 Å². The number of nitrogens with zero attached hydrogens (tertiary/aromatic N) is 4. The maximum Gasteiger partial charge on any atom is 0.243 e. The molecule has 0 bridgehead atoms. The number of amides is 1. The van der Waals surface area contributed by atoms with E-state index in [0.717, 1.165) is 32.8 Å². The van der Waals surface area contributed by atoms with E-state index in [2.05, 4.69) is 45.9 Å². The van der Waals surface area contributed by atoms with Gasteiger partial charge in [-0.1, -0.05) is 43.8 Å². The third-order valence-electron chi connectivity index (χ3n) is 5.93. The number of nitrogens with one attached hydrogen (secondary N) is 1. The van der Waals surface area contributed by atoms with Crippen LogP contribution in [0.2, 0.25) is 0 Å². The second kappa shape index (κ2) is 10.3. The first-order valence-corrected chi connectivity index (χ1v) is 14.0. The van der Waals surface area contributed by atoms with Crippen LogP contribution in [-0.4, -0.2) is 52.1 Å². The molecule has 0 saturated heterocycles. The molecule has 0 spiro atoms. The zero-order valence-corrected chi connectivity index (χ0v) is 21.9. The van der Waals surface area contributed by atoms with Crippen LogP contribution in [0.25, 0.3) is 16.6 Å². The third-order valence-corrected chi connectivity index (χ3v) is 8.93. The molecular formula is C25H29N5O3S2. The average molecular weight is 512 g/mol. The molecule has 1 amide bonds. The van der Waals surface area contributed by atoms with Gasteiger partial charge in [-0.25, -0.2) is 8.42 Å². The molecule has 0 saturated carbocycles. The molecule has 35 heavy (non-hydrogen) atoms. The van der Waals surface area contributed by atoms with Crippen LogP contribution in [0, 0.1) is 13.8 Å². The van der Waals surface area contributed by atoms with Crippen LogP contribution in [0.15, 0.2) is 58.6 Å². The van der Waals surface area contributed by atoms with Gasteiger partial charge in [0.25, 0.3) is 0 Å². The summed E-state index contributed by atoms with van der Waals surface area (Å²) in [6.45, 7) is 8.57. The highest BCUT2D eigenvalue weighted by Crippen LogP contribution is 2.28. The number of hydrogen-bond donors (Lipinski definition) is 1. The number of aryl methyl sites for hydroxylation is 2. The van der Waals surface area contributed by atoms with E-state index in [1.165, 1.54) is 28.2 Å². The second-order valence-electron chi connectivity index (χ2n) is 8.23. The zero-order chi connectivity index (χ0) is 25.2. The first-order valence-electron chi connectivity index (χ1n) is 11.5. The summed E-state index contributed by atoms with van der Waals surface area (Å²) in [6, 6.07) is 14.5. The Labute approximate surface area is 209 Å². The van der Waals surface area contributed by atoms with Gasteiger partial charge in [0, 0.05) is 36.3 Å². The number of carbonyl (C=O) groups excluding carboxylic acids is 1. The predicted molar refractivity (Wildman–Crippen MR) is 140 cm³/mol. The number of rotatable bonds is 9. The van der Waals surface area contributed by atoms with Gasteiger partial charge in [0.15, 0.2) is 10.8 Å². The third kappa shape index (κ3) is 5.05. The summed E-state index contributed by atoms with van der Waals surface area (Å²) in [7, 11) is -3.52. The number of hydrogen-bond acceptors (Lipinski definition) is 6. The summed E-state index contributed by atoms with van der Waals surface area (Å²) < 4.78 is 28.7. The van der Waals surface area contributed by atoms with Crippen molar-refractivity contribution in [2.75, 3.05) is 24.2 Å². The Kier molecular flexibility index (Phi) is 7.44. The van der Waals surface area contributed by atoms with E-state index in [-0.39, 0.29) is 17.2 Å². The normalized spacial score (nSPS) is 12.0. The quantitative estimate of drug-likeness (QED) is 0.329. The number of benzene rings is 2. The van der Waals surface area contributed by atoms with Crippen LogP contribution in [0.3, 0.4) is 0 Å². The molecule has 2 aromatic carbocycles. The lowest BCUT2D eigenvalue weighted by Crippen LogP contribution is -2.30. The van der Waals surface area contributed by atoms with Gasteiger partial charge in [-0.2, -0.15) is 4.31 Å². The molecule has 0 aliphatic carbocycles. The van der Waals surface area contributed by atoms with Crippen molar-refractivity contribution in [1.82, 2.24) is 18.9 Å². The molecule has 1 N–H and O–H groups in total. The van der Waals surface area contributed by atoms with E-state index < -0.39 is 10.0 Å². The van der Waals surface area contributed by atoms with Gasteiger partial charge in [0.05, 0.1) is 10.4 Å². The summed E-state index contributed by atoms with van der Waals surface area (Å²) in [4.78, 5) is 12.7. The first kappa shape index (κ1) is 25.2. The van der Waals surface area contributed by atoms with Gasteiger partial charge in [-0.15, -0.1) is 10.2 Å². The van der Waals surface area contributed by atoms with Gasteiger partial charge >= 0.3 is 0 Å². The molecule has 4 aromatic rings. The molecule has 0 aliphatic heterocycles. The molecule has 8 nitrogen and oxygen atoms in total. The van der Waals surface area contributed by atoms with E-state index in [4.69, 9.17) is 0 Å². The highest BCUT2D eigenvalue weighted by Gasteiger charge is 2.21. The van der Waals surface area contributed by atoms with Gasteiger partial charge in [-0.05, 0) is 55.3 Å². The van der Waals surface area contributed by atoms with Crippen molar-refractivity contribution in [1.29, 1.82) is 0 Å². The Morgan fingerprint density at radius 3 is 2.43 bits per heavy atom. The summed E-state index contributed by atoms with van der Waals surface area (Å²) in [6.07, 6.45) is 0.280. The maximum atomic E-state index is 12.6. The summed E-state index contributed by atoms with van der Waals surface area (Å²) in [5, 5.41) is 13.4. The fraction of sp³-hybridized carbons (Fsp3) is 0.320. The molecule has 10 heteroatoms. The Morgan fingerprint density at radius 2 is 1.74 bits per heavy atom. The Morgan fingerprint density at radius 1 is 1.03 bits per heavy atom. The number of thioether (sulfide) groups is 1. The molecule has 4 rings (SSSR count). The number of carbonyl (C=O) groups is 1. The van der Waals surface area contributed by atoms with Crippen LogP contribution in [0.5, 0.6) is 0 Å². The van der Waals surface area contributed by atoms with Crippen LogP contribution in [0.1, 0.15) is 31.4 Å². The monoisotopic (exact) mass is 511 g/mol. The second-order valence-corrected chi connectivity index (χ2v) is 11.2.